The van der Waals surface area contributed by atoms with Crippen LogP contribution in [0.4, 0.5) is 17.6 Å². The van der Waals surface area contributed by atoms with Crippen LogP contribution in [0.25, 0.3) is 0 Å². The van der Waals surface area contributed by atoms with Crippen molar-refractivity contribution in [3.8, 4) is 5.75 Å². The van der Waals surface area contributed by atoms with E-state index in [0.29, 0.717) is 12.5 Å². The van der Waals surface area contributed by atoms with Crippen LogP contribution in [0.5, 0.6) is 5.75 Å². The molecule has 6 heteroatoms. The summed E-state index contributed by atoms with van der Waals surface area (Å²) in [5, 5.41) is 3.11. The summed E-state index contributed by atoms with van der Waals surface area (Å²) in [6.45, 7) is 1.14. The van der Waals surface area contributed by atoms with Crippen molar-refractivity contribution in [1.29, 1.82) is 0 Å². The van der Waals surface area contributed by atoms with Crippen LogP contribution in [-0.2, 0) is 0 Å². The molecular weight excluding hydrogens is 274 g/mol. The van der Waals surface area contributed by atoms with Crippen LogP contribution in [0.3, 0.4) is 0 Å². The van der Waals surface area contributed by atoms with Crippen molar-refractivity contribution in [2.24, 2.45) is 5.92 Å². The average Bonchev–Trinajstić information content (AvgIpc) is 2.93. The molecule has 1 aromatic rings. The van der Waals surface area contributed by atoms with Crippen molar-refractivity contribution in [1.82, 2.24) is 5.32 Å². The predicted octanol–water partition coefficient (Wildman–Crippen LogP) is 3.40. The third kappa shape index (κ3) is 3.62. The van der Waals surface area contributed by atoms with Gasteiger partial charge in [-0.25, -0.2) is 8.78 Å². The molecule has 0 saturated heterocycles. The minimum Gasteiger partial charge on any atom is -0.486 e. The highest BCUT2D eigenvalue weighted by Crippen LogP contribution is 2.26. The maximum Gasteiger partial charge on any atom is 0.203 e. The van der Waals surface area contributed by atoms with Gasteiger partial charge in [-0.05, 0) is 25.3 Å². The Hall–Kier alpha value is -1.30. The molecule has 0 atom stereocenters. The Morgan fingerprint density at radius 2 is 1.65 bits per heavy atom. The summed E-state index contributed by atoms with van der Waals surface area (Å²) in [6, 6.07) is 0.163. The third-order valence-corrected chi connectivity index (χ3v) is 3.50. The predicted molar refractivity (Wildman–Crippen MR) is 66.6 cm³/mol. The van der Waals surface area contributed by atoms with Gasteiger partial charge in [0.1, 0.15) is 6.61 Å². The molecule has 0 radical (unpaired) electrons. The van der Waals surface area contributed by atoms with Gasteiger partial charge in [-0.3, -0.25) is 0 Å². The molecule has 1 aliphatic rings. The van der Waals surface area contributed by atoms with Gasteiger partial charge in [-0.1, -0.05) is 12.8 Å². The number of hydrogen-bond acceptors (Lipinski definition) is 2. The van der Waals surface area contributed by atoms with E-state index in [2.05, 4.69) is 5.32 Å². The van der Waals surface area contributed by atoms with Crippen LogP contribution in [0, 0.1) is 29.2 Å². The Labute approximate surface area is 115 Å². The zero-order chi connectivity index (χ0) is 14.5. The van der Waals surface area contributed by atoms with E-state index in [1.165, 1.54) is 25.7 Å². The maximum absolute atomic E-state index is 13.3. The van der Waals surface area contributed by atoms with E-state index >= 15 is 0 Å². The van der Waals surface area contributed by atoms with Crippen molar-refractivity contribution in [2.75, 3.05) is 19.7 Å². The molecule has 0 bridgehead atoms. The van der Waals surface area contributed by atoms with Gasteiger partial charge in [0.25, 0.3) is 0 Å². The average molecular weight is 291 g/mol. The molecule has 1 saturated carbocycles. The Bertz CT molecular complexity index is 435. The van der Waals surface area contributed by atoms with Gasteiger partial charge >= 0.3 is 0 Å². The summed E-state index contributed by atoms with van der Waals surface area (Å²) < 4.78 is 57.2. The Kier molecular flexibility index (Phi) is 5.23. The second-order valence-electron chi connectivity index (χ2n) is 5.00. The van der Waals surface area contributed by atoms with Crippen LogP contribution < -0.4 is 10.1 Å². The smallest absolute Gasteiger partial charge is 0.203 e. The second kappa shape index (κ2) is 6.92. The molecule has 1 N–H and O–H groups in total. The van der Waals surface area contributed by atoms with Gasteiger partial charge in [0.2, 0.25) is 11.6 Å². The summed E-state index contributed by atoms with van der Waals surface area (Å²) in [6.07, 6.45) is 4.85. The fraction of sp³-hybridized carbons (Fsp3) is 0.571. The van der Waals surface area contributed by atoms with E-state index in [9.17, 15) is 17.6 Å². The highest BCUT2D eigenvalue weighted by Gasteiger charge is 2.20. The standard InChI is InChI=1S/C14H17F4NO/c15-10-7-11(16)13(18)14(12(10)17)20-6-5-19-8-9-3-1-2-4-9/h7,9,19H,1-6,8H2. The largest absolute Gasteiger partial charge is 0.486 e. The van der Waals surface area contributed by atoms with E-state index in [1.54, 1.807) is 0 Å². The SMILES string of the molecule is Fc1cc(F)c(F)c(OCCNCC2CCCC2)c1F. The lowest BCUT2D eigenvalue weighted by Gasteiger charge is -2.12. The number of rotatable bonds is 6. The molecule has 0 amide bonds. The number of hydrogen-bond donors (Lipinski definition) is 1. The van der Waals surface area contributed by atoms with Gasteiger partial charge in [-0.2, -0.15) is 8.78 Å². The van der Waals surface area contributed by atoms with Gasteiger partial charge in [0, 0.05) is 12.6 Å². The van der Waals surface area contributed by atoms with Crippen molar-refractivity contribution in [3.63, 3.8) is 0 Å². The second-order valence-corrected chi connectivity index (χ2v) is 5.00. The molecule has 1 aromatic carbocycles. The van der Waals surface area contributed by atoms with Crippen LogP contribution in [0.15, 0.2) is 6.07 Å². The minimum atomic E-state index is -1.50. The quantitative estimate of drug-likeness (QED) is 0.493. The lowest BCUT2D eigenvalue weighted by atomic mass is 10.1. The van der Waals surface area contributed by atoms with Gasteiger partial charge in [0.15, 0.2) is 17.4 Å². The first-order valence-corrected chi connectivity index (χ1v) is 6.76. The molecule has 0 aliphatic heterocycles. The Morgan fingerprint density at radius 1 is 1.05 bits per heavy atom. The van der Waals surface area contributed by atoms with E-state index in [0.717, 1.165) is 6.54 Å². The summed E-state index contributed by atoms with van der Waals surface area (Å²) >= 11 is 0. The molecular formula is C14H17F4NO. The van der Waals surface area contributed by atoms with Crippen molar-refractivity contribution in [3.05, 3.63) is 29.3 Å². The van der Waals surface area contributed by atoms with Crippen molar-refractivity contribution >= 4 is 0 Å². The lowest BCUT2D eigenvalue weighted by molar-refractivity contribution is 0.268. The highest BCUT2D eigenvalue weighted by molar-refractivity contribution is 5.28. The first kappa shape index (κ1) is 15.1. The lowest BCUT2D eigenvalue weighted by Crippen LogP contribution is -2.26. The van der Waals surface area contributed by atoms with Gasteiger partial charge in [-0.15, -0.1) is 0 Å². The zero-order valence-electron chi connectivity index (χ0n) is 11.0. The Morgan fingerprint density at radius 3 is 2.25 bits per heavy atom. The van der Waals surface area contributed by atoms with Crippen LogP contribution in [0.2, 0.25) is 0 Å². The van der Waals surface area contributed by atoms with Crippen molar-refractivity contribution in [2.45, 2.75) is 25.7 Å². The first-order chi connectivity index (χ1) is 9.59. The van der Waals surface area contributed by atoms with E-state index in [1.807, 2.05) is 0 Å². The normalized spacial score (nSPS) is 15.8. The monoisotopic (exact) mass is 291 g/mol. The van der Waals surface area contributed by atoms with E-state index in [4.69, 9.17) is 4.74 Å². The molecule has 0 aromatic heterocycles. The van der Waals surface area contributed by atoms with Crippen LogP contribution >= 0.6 is 0 Å². The topological polar surface area (TPSA) is 21.3 Å². The zero-order valence-corrected chi connectivity index (χ0v) is 11.0. The number of nitrogens with one attached hydrogen (secondary N) is 1. The molecule has 1 aliphatic carbocycles. The molecule has 112 valence electrons. The third-order valence-electron chi connectivity index (χ3n) is 3.50. The molecule has 0 spiro atoms. The Balaban J connectivity index is 1.79. The summed E-state index contributed by atoms with van der Waals surface area (Å²) in [7, 11) is 0. The van der Waals surface area contributed by atoms with Crippen molar-refractivity contribution < 1.29 is 22.3 Å². The molecule has 1 fully saturated rings. The molecule has 0 unspecified atom stereocenters. The van der Waals surface area contributed by atoms with E-state index in [-0.39, 0.29) is 12.7 Å². The van der Waals surface area contributed by atoms with Crippen LogP contribution in [0.1, 0.15) is 25.7 Å². The summed E-state index contributed by atoms with van der Waals surface area (Å²) in [5.74, 6) is -6.28. The molecule has 20 heavy (non-hydrogen) atoms. The summed E-state index contributed by atoms with van der Waals surface area (Å²) in [5.41, 5.74) is 0. The maximum atomic E-state index is 13.3. The number of benzene rings is 1. The van der Waals surface area contributed by atoms with Gasteiger partial charge in [0.05, 0.1) is 0 Å². The first-order valence-electron chi connectivity index (χ1n) is 6.76. The molecule has 0 heterocycles. The van der Waals surface area contributed by atoms with Gasteiger partial charge < -0.3 is 10.1 Å². The molecule has 2 rings (SSSR count). The fourth-order valence-corrected chi connectivity index (χ4v) is 2.42. The number of halogens is 4. The highest BCUT2D eigenvalue weighted by atomic mass is 19.2. The minimum absolute atomic E-state index is 0.0521. The van der Waals surface area contributed by atoms with Crippen LogP contribution in [-0.4, -0.2) is 19.7 Å². The summed E-state index contributed by atoms with van der Waals surface area (Å²) in [4.78, 5) is 0. The fourth-order valence-electron chi connectivity index (χ4n) is 2.42. The number of ether oxygens (including phenoxy) is 1. The van der Waals surface area contributed by atoms with E-state index < -0.39 is 29.0 Å². The molecule has 2 nitrogen and oxygen atoms in total.